The molecule has 0 atom stereocenters. The van der Waals surface area contributed by atoms with E-state index in [1.807, 2.05) is 24.3 Å². The standard InChI is InChI=1S/C24H26O2/c1-14-15(2)17(4)23(18(5)16(14)3)24(19-6-10-21(25)11-7-19)20-8-12-22(26)13-9-20/h6-13,24-26H,1-5H3. The van der Waals surface area contributed by atoms with Crippen molar-refractivity contribution in [2.24, 2.45) is 0 Å². The zero-order valence-electron chi connectivity index (χ0n) is 16.1. The van der Waals surface area contributed by atoms with Gasteiger partial charge in [0.05, 0.1) is 0 Å². The third-order valence-electron chi connectivity index (χ3n) is 5.80. The average molecular weight is 346 g/mol. The van der Waals surface area contributed by atoms with Gasteiger partial charge < -0.3 is 10.2 Å². The van der Waals surface area contributed by atoms with Crippen LogP contribution in [0.3, 0.4) is 0 Å². The SMILES string of the molecule is Cc1c(C)c(C)c(C(c2ccc(O)cc2)c2ccc(O)cc2)c(C)c1C. The minimum absolute atomic E-state index is 0.0502. The maximum atomic E-state index is 9.72. The molecule has 3 aromatic rings. The fourth-order valence-corrected chi connectivity index (χ4v) is 3.82. The highest BCUT2D eigenvalue weighted by atomic mass is 16.3. The fourth-order valence-electron chi connectivity index (χ4n) is 3.82. The second kappa shape index (κ2) is 6.87. The molecule has 0 spiro atoms. The van der Waals surface area contributed by atoms with Crippen molar-refractivity contribution in [2.75, 3.05) is 0 Å². The predicted molar refractivity (Wildman–Crippen MR) is 107 cm³/mol. The molecule has 0 bridgehead atoms. The molecule has 0 fully saturated rings. The molecule has 26 heavy (non-hydrogen) atoms. The Morgan fingerprint density at radius 2 is 0.808 bits per heavy atom. The third-order valence-corrected chi connectivity index (χ3v) is 5.80. The Morgan fingerprint density at radius 3 is 1.15 bits per heavy atom. The quantitative estimate of drug-likeness (QED) is 0.587. The molecule has 2 N–H and O–H groups in total. The first kappa shape index (κ1) is 18.1. The second-order valence-corrected chi connectivity index (χ2v) is 7.15. The molecule has 0 saturated heterocycles. The lowest BCUT2D eigenvalue weighted by Gasteiger charge is -2.27. The van der Waals surface area contributed by atoms with E-state index >= 15 is 0 Å². The maximum absolute atomic E-state index is 9.72. The average Bonchev–Trinajstić information content (AvgIpc) is 2.64. The number of hydrogen-bond donors (Lipinski definition) is 2. The third kappa shape index (κ3) is 3.08. The zero-order valence-corrected chi connectivity index (χ0v) is 16.1. The number of phenolic OH excluding ortho intramolecular Hbond substituents is 2. The van der Waals surface area contributed by atoms with Crippen LogP contribution < -0.4 is 0 Å². The topological polar surface area (TPSA) is 40.5 Å². The van der Waals surface area contributed by atoms with E-state index in [-0.39, 0.29) is 17.4 Å². The van der Waals surface area contributed by atoms with Crippen molar-refractivity contribution < 1.29 is 10.2 Å². The normalized spacial score (nSPS) is 11.2. The van der Waals surface area contributed by atoms with Crippen molar-refractivity contribution in [2.45, 2.75) is 40.5 Å². The molecule has 0 unspecified atom stereocenters. The first-order valence-electron chi connectivity index (χ1n) is 8.96. The van der Waals surface area contributed by atoms with Gasteiger partial charge in [0.25, 0.3) is 0 Å². The molecule has 2 heteroatoms. The summed E-state index contributed by atoms with van der Waals surface area (Å²) in [6.45, 7) is 10.9. The molecule has 0 saturated carbocycles. The number of rotatable bonds is 3. The fraction of sp³-hybridized carbons (Fsp3) is 0.250. The molecular weight excluding hydrogens is 320 g/mol. The Morgan fingerprint density at radius 1 is 0.500 bits per heavy atom. The Bertz CT molecular complexity index is 861. The van der Waals surface area contributed by atoms with Crippen molar-refractivity contribution in [3.63, 3.8) is 0 Å². The largest absolute Gasteiger partial charge is 0.508 e. The summed E-state index contributed by atoms with van der Waals surface area (Å²) >= 11 is 0. The van der Waals surface area contributed by atoms with Crippen LogP contribution in [-0.2, 0) is 0 Å². The van der Waals surface area contributed by atoms with E-state index in [1.165, 1.54) is 33.4 Å². The molecule has 2 nitrogen and oxygen atoms in total. The molecule has 3 aromatic carbocycles. The van der Waals surface area contributed by atoms with E-state index in [0.29, 0.717) is 0 Å². The summed E-state index contributed by atoms with van der Waals surface area (Å²) in [6.07, 6.45) is 0. The summed E-state index contributed by atoms with van der Waals surface area (Å²) in [6, 6.07) is 14.9. The Labute approximate surface area is 155 Å². The zero-order chi connectivity index (χ0) is 19.0. The van der Waals surface area contributed by atoms with Crippen LogP contribution in [0.1, 0.15) is 50.4 Å². The molecular formula is C24H26O2. The summed E-state index contributed by atoms with van der Waals surface area (Å²) < 4.78 is 0. The van der Waals surface area contributed by atoms with Gasteiger partial charge in [0.1, 0.15) is 11.5 Å². The van der Waals surface area contributed by atoms with Gasteiger partial charge in [0.2, 0.25) is 0 Å². The first-order chi connectivity index (χ1) is 12.3. The van der Waals surface area contributed by atoms with Crippen LogP contribution >= 0.6 is 0 Å². The van der Waals surface area contributed by atoms with Gasteiger partial charge in [-0.2, -0.15) is 0 Å². The molecule has 0 amide bonds. The smallest absolute Gasteiger partial charge is 0.115 e. The van der Waals surface area contributed by atoms with Crippen LogP contribution in [0.15, 0.2) is 48.5 Å². The highest BCUT2D eigenvalue weighted by molar-refractivity contribution is 5.57. The summed E-state index contributed by atoms with van der Waals surface area (Å²) in [5.41, 5.74) is 10.2. The molecule has 0 radical (unpaired) electrons. The highest BCUT2D eigenvalue weighted by Gasteiger charge is 2.23. The van der Waals surface area contributed by atoms with Gasteiger partial charge >= 0.3 is 0 Å². The second-order valence-electron chi connectivity index (χ2n) is 7.15. The Balaban J connectivity index is 2.32. The van der Waals surface area contributed by atoms with E-state index in [0.717, 1.165) is 11.1 Å². The monoisotopic (exact) mass is 346 g/mol. The van der Waals surface area contributed by atoms with Crippen LogP contribution in [-0.4, -0.2) is 10.2 Å². The summed E-state index contributed by atoms with van der Waals surface area (Å²) in [7, 11) is 0. The van der Waals surface area contributed by atoms with E-state index in [2.05, 4.69) is 34.6 Å². The van der Waals surface area contributed by atoms with E-state index in [9.17, 15) is 10.2 Å². The van der Waals surface area contributed by atoms with E-state index in [4.69, 9.17) is 0 Å². The van der Waals surface area contributed by atoms with Gasteiger partial charge in [-0.15, -0.1) is 0 Å². The molecule has 3 rings (SSSR count). The van der Waals surface area contributed by atoms with Crippen molar-refractivity contribution >= 4 is 0 Å². The lowest BCUT2D eigenvalue weighted by atomic mass is 9.77. The molecule has 134 valence electrons. The van der Waals surface area contributed by atoms with Gasteiger partial charge in [-0.3, -0.25) is 0 Å². The van der Waals surface area contributed by atoms with Crippen molar-refractivity contribution in [3.8, 4) is 11.5 Å². The summed E-state index contributed by atoms with van der Waals surface area (Å²) in [4.78, 5) is 0. The summed E-state index contributed by atoms with van der Waals surface area (Å²) in [5, 5.41) is 19.4. The molecule has 0 aliphatic heterocycles. The molecule has 0 aromatic heterocycles. The number of aromatic hydroxyl groups is 2. The number of benzene rings is 3. The van der Waals surface area contributed by atoms with Crippen molar-refractivity contribution in [1.29, 1.82) is 0 Å². The lowest BCUT2D eigenvalue weighted by molar-refractivity contribution is 0.475. The van der Waals surface area contributed by atoms with Gasteiger partial charge in [-0.1, -0.05) is 24.3 Å². The highest BCUT2D eigenvalue weighted by Crippen LogP contribution is 2.39. The van der Waals surface area contributed by atoms with E-state index < -0.39 is 0 Å². The Kier molecular flexibility index (Phi) is 4.78. The van der Waals surface area contributed by atoms with Gasteiger partial charge in [-0.05, 0) is 103 Å². The van der Waals surface area contributed by atoms with Gasteiger partial charge in [0.15, 0.2) is 0 Å². The van der Waals surface area contributed by atoms with Crippen LogP contribution in [0.2, 0.25) is 0 Å². The molecule has 0 aliphatic rings. The van der Waals surface area contributed by atoms with Gasteiger partial charge in [0, 0.05) is 5.92 Å². The minimum Gasteiger partial charge on any atom is -0.508 e. The van der Waals surface area contributed by atoms with E-state index in [1.54, 1.807) is 24.3 Å². The molecule has 0 aliphatic carbocycles. The van der Waals surface area contributed by atoms with Gasteiger partial charge in [-0.25, -0.2) is 0 Å². The maximum Gasteiger partial charge on any atom is 0.115 e. The minimum atomic E-state index is 0.0502. The lowest BCUT2D eigenvalue weighted by Crippen LogP contribution is -2.11. The van der Waals surface area contributed by atoms with Crippen LogP contribution in [0.25, 0.3) is 0 Å². The Hall–Kier alpha value is -2.74. The van der Waals surface area contributed by atoms with Crippen LogP contribution in [0, 0.1) is 34.6 Å². The summed E-state index contributed by atoms with van der Waals surface area (Å²) in [5.74, 6) is 0.583. The van der Waals surface area contributed by atoms with Crippen molar-refractivity contribution in [1.82, 2.24) is 0 Å². The molecule has 0 heterocycles. The first-order valence-corrected chi connectivity index (χ1v) is 8.96. The van der Waals surface area contributed by atoms with Crippen LogP contribution in [0.4, 0.5) is 0 Å². The number of phenols is 2. The number of hydrogen-bond acceptors (Lipinski definition) is 2. The van der Waals surface area contributed by atoms with Crippen LogP contribution in [0.5, 0.6) is 11.5 Å². The van der Waals surface area contributed by atoms with Crippen molar-refractivity contribution in [3.05, 3.63) is 93.0 Å². The predicted octanol–water partition coefficient (Wildman–Crippen LogP) is 5.82.